The van der Waals surface area contributed by atoms with Crippen LogP contribution in [0.25, 0.3) is 10.2 Å². The average molecular weight is 302 g/mol. The summed E-state index contributed by atoms with van der Waals surface area (Å²) in [5, 5.41) is 9.54. The fourth-order valence-corrected chi connectivity index (χ4v) is 3.54. The maximum Gasteiger partial charge on any atom is 0.266 e. The van der Waals surface area contributed by atoms with E-state index in [1.165, 1.54) is 11.3 Å². The zero-order valence-corrected chi connectivity index (χ0v) is 13.3. The topological polar surface area (TPSA) is 83.0 Å². The summed E-state index contributed by atoms with van der Waals surface area (Å²) >= 11 is 1.33. The molecule has 21 heavy (non-hydrogen) atoms. The molecule has 0 aromatic carbocycles. The van der Waals surface area contributed by atoms with Crippen LogP contribution in [0.3, 0.4) is 0 Å². The third-order valence-corrected chi connectivity index (χ3v) is 4.47. The molecule has 0 fully saturated rings. The van der Waals surface area contributed by atoms with Gasteiger partial charge in [0, 0.05) is 24.2 Å². The van der Waals surface area contributed by atoms with Crippen LogP contribution in [-0.2, 0) is 0 Å². The number of nitrogens with two attached hydrogens (primary N) is 1. The van der Waals surface area contributed by atoms with Gasteiger partial charge in [0.25, 0.3) is 5.91 Å². The number of aromatic nitrogens is 1. The lowest BCUT2D eigenvalue weighted by Crippen LogP contribution is -2.31. The summed E-state index contributed by atoms with van der Waals surface area (Å²) in [7, 11) is 0. The van der Waals surface area contributed by atoms with Crippen LogP contribution in [0.4, 0.5) is 5.69 Å². The van der Waals surface area contributed by atoms with Crippen molar-refractivity contribution < 1.29 is 4.79 Å². The van der Waals surface area contributed by atoms with E-state index in [4.69, 9.17) is 11.0 Å². The third-order valence-electron chi connectivity index (χ3n) is 3.38. The molecule has 2 N–H and O–H groups in total. The Morgan fingerprint density at radius 3 is 2.86 bits per heavy atom. The summed E-state index contributed by atoms with van der Waals surface area (Å²) in [5.74, 6) is -0.120. The highest BCUT2D eigenvalue weighted by Crippen LogP contribution is 2.35. The van der Waals surface area contributed by atoms with Crippen LogP contribution in [0.5, 0.6) is 0 Å². The van der Waals surface area contributed by atoms with Crippen LogP contribution in [0.1, 0.15) is 34.3 Å². The standard InChI is InChI=1S/C15H18N4OS/c1-4-19(7-5-6-16)15(20)13-12(17)11-9(2)8-10(3)18-14(11)21-13/h8H,4-5,7,17H2,1-3H3. The molecular weight excluding hydrogens is 284 g/mol. The Labute approximate surface area is 128 Å². The summed E-state index contributed by atoms with van der Waals surface area (Å²) < 4.78 is 0. The first-order chi connectivity index (χ1) is 9.99. The van der Waals surface area contributed by atoms with E-state index in [2.05, 4.69) is 11.1 Å². The zero-order chi connectivity index (χ0) is 15.6. The minimum atomic E-state index is -0.120. The van der Waals surface area contributed by atoms with Gasteiger partial charge in [0.2, 0.25) is 0 Å². The van der Waals surface area contributed by atoms with Gasteiger partial charge in [-0.3, -0.25) is 4.79 Å². The molecule has 0 aliphatic rings. The molecule has 1 amide bonds. The maximum atomic E-state index is 12.6. The van der Waals surface area contributed by atoms with Crippen molar-refractivity contribution in [3.8, 4) is 6.07 Å². The Hall–Kier alpha value is -2.13. The molecule has 0 aliphatic carbocycles. The molecule has 5 nitrogen and oxygen atoms in total. The number of nitrogen functional groups attached to an aromatic ring is 1. The molecule has 0 saturated carbocycles. The molecule has 2 heterocycles. The van der Waals surface area contributed by atoms with Crippen LogP contribution in [0.2, 0.25) is 0 Å². The van der Waals surface area contributed by atoms with Crippen molar-refractivity contribution in [1.29, 1.82) is 5.26 Å². The van der Waals surface area contributed by atoms with Crippen molar-refractivity contribution in [2.75, 3.05) is 18.8 Å². The lowest BCUT2D eigenvalue weighted by Gasteiger charge is -2.18. The van der Waals surface area contributed by atoms with E-state index in [1.807, 2.05) is 26.8 Å². The van der Waals surface area contributed by atoms with Crippen LogP contribution in [-0.4, -0.2) is 28.9 Å². The quantitative estimate of drug-likeness (QED) is 0.941. The number of hydrogen-bond acceptors (Lipinski definition) is 5. The highest BCUT2D eigenvalue weighted by molar-refractivity contribution is 7.21. The number of nitriles is 1. The van der Waals surface area contributed by atoms with Crippen LogP contribution >= 0.6 is 11.3 Å². The molecule has 6 heteroatoms. The molecule has 2 rings (SSSR count). The van der Waals surface area contributed by atoms with E-state index < -0.39 is 0 Å². The zero-order valence-electron chi connectivity index (χ0n) is 12.4. The van der Waals surface area contributed by atoms with E-state index >= 15 is 0 Å². The van der Waals surface area contributed by atoms with Crippen molar-refractivity contribution in [1.82, 2.24) is 9.88 Å². The molecule has 0 unspecified atom stereocenters. The molecule has 110 valence electrons. The monoisotopic (exact) mass is 302 g/mol. The van der Waals surface area contributed by atoms with Gasteiger partial charge < -0.3 is 10.6 Å². The van der Waals surface area contributed by atoms with Gasteiger partial charge in [-0.15, -0.1) is 11.3 Å². The van der Waals surface area contributed by atoms with E-state index in [0.717, 1.165) is 21.5 Å². The average Bonchev–Trinajstić information content (AvgIpc) is 2.76. The lowest BCUT2D eigenvalue weighted by molar-refractivity contribution is 0.0773. The molecular formula is C15H18N4OS. The first-order valence-corrected chi connectivity index (χ1v) is 7.63. The van der Waals surface area contributed by atoms with Crippen LogP contribution in [0.15, 0.2) is 6.07 Å². The summed E-state index contributed by atoms with van der Waals surface area (Å²) in [5.41, 5.74) is 8.62. The predicted molar refractivity (Wildman–Crippen MR) is 85.3 cm³/mol. The van der Waals surface area contributed by atoms with Gasteiger partial charge in [-0.1, -0.05) is 0 Å². The molecule has 2 aromatic heterocycles. The number of hydrogen-bond donors (Lipinski definition) is 1. The normalized spacial score (nSPS) is 10.6. The highest BCUT2D eigenvalue weighted by atomic mass is 32.1. The summed E-state index contributed by atoms with van der Waals surface area (Å²) in [6, 6.07) is 4.03. The highest BCUT2D eigenvalue weighted by Gasteiger charge is 2.22. The third kappa shape index (κ3) is 2.83. The van der Waals surface area contributed by atoms with E-state index in [9.17, 15) is 4.79 Å². The molecule has 0 radical (unpaired) electrons. The fourth-order valence-electron chi connectivity index (χ4n) is 2.36. The van der Waals surface area contributed by atoms with Crippen molar-refractivity contribution >= 4 is 33.1 Å². The van der Waals surface area contributed by atoms with Crippen molar-refractivity contribution in [3.05, 3.63) is 22.2 Å². The smallest absolute Gasteiger partial charge is 0.266 e. The van der Waals surface area contributed by atoms with Crippen molar-refractivity contribution in [3.63, 3.8) is 0 Å². The minimum Gasteiger partial charge on any atom is -0.397 e. The van der Waals surface area contributed by atoms with E-state index in [1.54, 1.807) is 4.90 Å². The Morgan fingerprint density at radius 1 is 1.52 bits per heavy atom. The number of amides is 1. The first kappa shape index (κ1) is 15.3. The van der Waals surface area contributed by atoms with Gasteiger partial charge >= 0.3 is 0 Å². The molecule has 0 saturated heterocycles. The summed E-state index contributed by atoms with van der Waals surface area (Å²) in [6.45, 7) is 6.77. The number of carbonyl (C=O) groups excluding carboxylic acids is 1. The van der Waals surface area contributed by atoms with E-state index in [0.29, 0.717) is 30.1 Å². The summed E-state index contributed by atoms with van der Waals surface area (Å²) in [4.78, 5) is 20.0. The molecule has 0 aliphatic heterocycles. The SMILES string of the molecule is CCN(CCC#N)C(=O)c1sc2nc(C)cc(C)c2c1N. The van der Waals surface area contributed by atoms with Gasteiger partial charge in [-0.25, -0.2) is 4.98 Å². The molecule has 0 spiro atoms. The second kappa shape index (κ2) is 6.10. The number of anilines is 1. The number of pyridine rings is 1. The second-order valence-electron chi connectivity index (χ2n) is 4.90. The Morgan fingerprint density at radius 2 is 2.24 bits per heavy atom. The largest absolute Gasteiger partial charge is 0.397 e. The fraction of sp³-hybridized carbons (Fsp3) is 0.400. The second-order valence-corrected chi connectivity index (χ2v) is 5.90. The Kier molecular flexibility index (Phi) is 4.43. The maximum absolute atomic E-state index is 12.6. The molecule has 0 atom stereocenters. The number of rotatable bonds is 4. The summed E-state index contributed by atoms with van der Waals surface area (Å²) in [6.07, 6.45) is 0.320. The number of nitrogens with zero attached hydrogens (tertiary/aromatic N) is 3. The van der Waals surface area contributed by atoms with Crippen LogP contribution < -0.4 is 5.73 Å². The molecule has 2 aromatic rings. The number of fused-ring (bicyclic) bond motifs is 1. The van der Waals surface area contributed by atoms with Gasteiger partial charge in [0.1, 0.15) is 9.71 Å². The first-order valence-electron chi connectivity index (χ1n) is 6.82. The van der Waals surface area contributed by atoms with Crippen molar-refractivity contribution in [2.45, 2.75) is 27.2 Å². The van der Waals surface area contributed by atoms with E-state index in [-0.39, 0.29) is 5.91 Å². The number of aryl methyl sites for hydroxylation is 2. The minimum absolute atomic E-state index is 0.120. The van der Waals surface area contributed by atoms with Gasteiger partial charge in [-0.2, -0.15) is 5.26 Å². The number of carbonyl (C=O) groups is 1. The Bertz CT molecular complexity index is 729. The molecule has 0 bridgehead atoms. The van der Waals surface area contributed by atoms with Gasteiger partial charge in [0.15, 0.2) is 0 Å². The van der Waals surface area contributed by atoms with Crippen molar-refractivity contribution in [2.24, 2.45) is 0 Å². The Balaban J connectivity index is 2.47. The van der Waals surface area contributed by atoms with Crippen LogP contribution in [0, 0.1) is 25.2 Å². The lowest BCUT2D eigenvalue weighted by atomic mass is 10.1. The van der Waals surface area contributed by atoms with Gasteiger partial charge in [0.05, 0.1) is 18.2 Å². The van der Waals surface area contributed by atoms with Gasteiger partial charge in [-0.05, 0) is 32.4 Å². The predicted octanol–water partition coefficient (Wildman–Crippen LogP) is 2.87. The number of thiophene rings is 1.